The van der Waals surface area contributed by atoms with Crippen LogP contribution in [0.3, 0.4) is 0 Å². The first-order valence-electron chi connectivity index (χ1n) is 7.26. The molecule has 0 saturated heterocycles. The summed E-state index contributed by atoms with van der Waals surface area (Å²) in [5.41, 5.74) is 2.45. The van der Waals surface area contributed by atoms with E-state index in [1.807, 2.05) is 12.1 Å². The van der Waals surface area contributed by atoms with Crippen LogP contribution in [0.1, 0.15) is 5.56 Å². The van der Waals surface area contributed by atoms with E-state index in [9.17, 15) is 0 Å². The Labute approximate surface area is 136 Å². The monoisotopic (exact) mass is 322 g/mol. The fourth-order valence-electron chi connectivity index (χ4n) is 2.29. The second-order valence-corrected chi connectivity index (χ2v) is 5.07. The molecule has 120 valence electrons. The molecule has 24 heavy (non-hydrogen) atoms. The van der Waals surface area contributed by atoms with Crippen LogP contribution < -0.4 is 10.1 Å². The molecule has 4 aromatic heterocycles. The predicted molar refractivity (Wildman–Crippen MR) is 87.1 cm³/mol. The number of fused-ring (bicyclic) bond motifs is 1. The van der Waals surface area contributed by atoms with Gasteiger partial charge in [0.15, 0.2) is 17.3 Å². The van der Waals surface area contributed by atoms with Crippen LogP contribution >= 0.6 is 0 Å². The van der Waals surface area contributed by atoms with Gasteiger partial charge in [0, 0.05) is 18.5 Å². The smallest absolute Gasteiger partial charge is 0.210 e. The fraction of sp³-hybridized carbons (Fsp3) is 0.133. The van der Waals surface area contributed by atoms with Crippen molar-refractivity contribution < 1.29 is 4.74 Å². The quantitative estimate of drug-likeness (QED) is 0.576. The molecule has 4 aromatic rings. The molecule has 0 fully saturated rings. The number of pyridine rings is 1. The molecule has 4 heterocycles. The lowest BCUT2D eigenvalue weighted by molar-refractivity contribution is 0.397. The zero-order valence-electron chi connectivity index (χ0n) is 12.8. The highest BCUT2D eigenvalue weighted by atomic mass is 16.5. The number of nitrogens with zero attached hydrogens (tertiary/aromatic N) is 6. The van der Waals surface area contributed by atoms with Gasteiger partial charge in [-0.1, -0.05) is 6.07 Å². The molecule has 9 nitrogen and oxygen atoms in total. The maximum atomic E-state index is 5.06. The summed E-state index contributed by atoms with van der Waals surface area (Å²) in [6.45, 7) is 0.575. The minimum atomic E-state index is 0.563. The molecule has 0 bridgehead atoms. The van der Waals surface area contributed by atoms with Crippen LogP contribution in [0.5, 0.6) is 5.88 Å². The highest BCUT2D eigenvalue weighted by molar-refractivity contribution is 5.72. The number of nitrogens with one attached hydrogen (secondary N) is 2. The van der Waals surface area contributed by atoms with Crippen LogP contribution in [0.2, 0.25) is 0 Å². The van der Waals surface area contributed by atoms with E-state index < -0.39 is 0 Å². The maximum absolute atomic E-state index is 5.06. The van der Waals surface area contributed by atoms with Gasteiger partial charge in [0.1, 0.15) is 5.52 Å². The molecule has 0 aromatic carbocycles. The summed E-state index contributed by atoms with van der Waals surface area (Å²) in [5.74, 6) is 1.73. The Balaban J connectivity index is 1.63. The third-order valence-corrected chi connectivity index (χ3v) is 3.43. The van der Waals surface area contributed by atoms with Gasteiger partial charge >= 0.3 is 0 Å². The number of hydrogen-bond donors (Lipinski definition) is 2. The van der Waals surface area contributed by atoms with Crippen molar-refractivity contribution in [2.75, 3.05) is 12.4 Å². The third kappa shape index (κ3) is 2.74. The van der Waals surface area contributed by atoms with Crippen LogP contribution in [0.25, 0.3) is 11.2 Å². The molecule has 2 N–H and O–H groups in total. The SMILES string of the molecule is COc1cc(Nc2cnc3cnn(Cc4cccnc4)c3n2)n[nH]1. The number of aromatic amines is 1. The molecule has 0 radical (unpaired) electrons. The average Bonchev–Trinajstić information content (AvgIpc) is 3.23. The number of hydrogen-bond acceptors (Lipinski definition) is 7. The third-order valence-electron chi connectivity index (χ3n) is 3.43. The molecule has 0 aliphatic heterocycles. The van der Waals surface area contributed by atoms with Gasteiger partial charge in [0.05, 0.1) is 26.0 Å². The number of anilines is 2. The average molecular weight is 322 g/mol. The van der Waals surface area contributed by atoms with Crippen molar-refractivity contribution in [2.24, 2.45) is 0 Å². The first-order chi connectivity index (χ1) is 11.8. The van der Waals surface area contributed by atoms with Gasteiger partial charge in [-0.2, -0.15) is 10.2 Å². The Morgan fingerprint density at radius 3 is 3.00 bits per heavy atom. The van der Waals surface area contributed by atoms with Gasteiger partial charge in [0.25, 0.3) is 0 Å². The van der Waals surface area contributed by atoms with E-state index in [2.05, 4.69) is 35.6 Å². The largest absolute Gasteiger partial charge is 0.481 e. The molecule has 0 aliphatic carbocycles. The Morgan fingerprint density at radius 2 is 2.21 bits per heavy atom. The molecule has 0 unspecified atom stereocenters. The zero-order valence-corrected chi connectivity index (χ0v) is 12.8. The van der Waals surface area contributed by atoms with Crippen molar-refractivity contribution in [2.45, 2.75) is 6.54 Å². The van der Waals surface area contributed by atoms with Crippen molar-refractivity contribution in [3.05, 3.63) is 48.5 Å². The molecular weight excluding hydrogens is 308 g/mol. The van der Waals surface area contributed by atoms with Crippen LogP contribution in [0, 0.1) is 0 Å². The summed E-state index contributed by atoms with van der Waals surface area (Å²) >= 11 is 0. The standard InChI is InChI=1S/C15H14N8O/c1-24-14-5-12(21-22-14)19-13-8-17-11-7-18-23(15(11)20-13)9-10-3-2-4-16-6-10/h2-8H,9H2,1H3,(H2,19,20,21,22). The van der Waals surface area contributed by atoms with Crippen LogP contribution in [-0.2, 0) is 6.54 Å². The van der Waals surface area contributed by atoms with E-state index in [1.54, 1.807) is 42.6 Å². The highest BCUT2D eigenvalue weighted by Gasteiger charge is 2.09. The lowest BCUT2D eigenvalue weighted by Crippen LogP contribution is -2.04. The summed E-state index contributed by atoms with van der Waals surface area (Å²) in [5, 5.41) is 14.3. The predicted octanol–water partition coefficient (Wildman–Crippen LogP) is 1.74. The van der Waals surface area contributed by atoms with Crippen molar-refractivity contribution in [1.82, 2.24) is 34.9 Å². The normalized spacial score (nSPS) is 10.9. The van der Waals surface area contributed by atoms with Crippen molar-refractivity contribution in [3.8, 4) is 5.88 Å². The van der Waals surface area contributed by atoms with Crippen molar-refractivity contribution in [1.29, 1.82) is 0 Å². The van der Waals surface area contributed by atoms with Crippen molar-refractivity contribution >= 4 is 22.8 Å². The maximum Gasteiger partial charge on any atom is 0.210 e. The van der Waals surface area contributed by atoms with E-state index in [0.717, 1.165) is 11.1 Å². The Hall–Kier alpha value is -3.49. The molecular formula is C15H14N8O. The van der Waals surface area contributed by atoms with E-state index in [4.69, 9.17) is 4.74 Å². The topological polar surface area (TPSA) is 106 Å². The number of aromatic nitrogens is 7. The minimum Gasteiger partial charge on any atom is -0.481 e. The lowest BCUT2D eigenvalue weighted by Gasteiger charge is -2.04. The molecule has 9 heteroatoms. The molecule has 0 amide bonds. The summed E-state index contributed by atoms with van der Waals surface area (Å²) in [7, 11) is 1.57. The van der Waals surface area contributed by atoms with Crippen molar-refractivity contribution in [3.63, 3.8) is 0 Å². The van der Waals surface area contributed by atoms with E-state index in [-0.39, 0.29) is 0 Å². The highest BCUT2D eigenvalue weighted by Crippen LogP contribution is 2.18. The summed E-state index contributed by atoms with van der Waals surface area (Å²) < 4.78 is 6.85. The number of methoxy groups -OCH3 is 1. The molecule has 4 rings (SSSR count). The Kier molecular flexibility index (Phi) is 3.50. The molecule has 0 saturated carbocycles. The van der Waals surface area contributed by atoms with Crippen LogP contribution in [-0.4, -0.2) is 42.0 Å². The summed E-state index contributed by atoms with van der Waals surface area (Å²) in [6, 6.07) is 5.62. The molecule has 0 aliphatic rings. The number of rotatable bonds is 5. The zero-order chi connectivity index (χ0) is 16.4. The van der Waals surface area contributed by atoms with E-state index >= 15 is 0 Å². The van der Waals surface area contributed by atoms with Gasteiger partial charge in [0.2, 0.25) is 5.88 Å². The summed E-state index contributed by atoms with van der Waals surface area (Å²) in [4.78, 5) is 13.1. The minimum absolute atomic E-state index is 0.563. The fourth-order valence-corrected chi connectivity index (χ4v) is 2.29. The first-order valence-corrected chi connectivity index (χ1v) is 7.26. The first kappa shape index (κ1) is 14.1. The Morgan fingerprint density at radius 1 is 1.25 bits per heavy atom. The van der Waals surface area contributed by atoms with Gasteiger partial charge in [-0.25, -0.2) is 19.7 Å². The second-order valence-electron chi connectivity index (χ2n) is 5.07. The van der Waals surface area contributed by atoms with Gasteiger partial charge < -0.3 is 10.1 Å². The van der Waals surface area contributed by atoms with Gasteiger partial charge in [-0.3, -0.25) is 4.98 Å². The summed E-state index contributed by atoms with van der Waals surface area (Å²) in [6.07, 6.45) is 6.88. The van der Waals surface area contributed by atoms with Gasteiger partial charge in [-0.05, 0) is 11.6 Å². The van der Waals surface area contributed by atoms with E-state index in [1.165, 1.54) is 0 Å². The van der Waals surface area contributed by atoms with Crippen LogP contribution in [0.15, 0.2) is 43.0 Å². The van der Waals surface area contributed by atoms with Crippen LogP contribution in [0.4, 0.5) is 11.6 Å². The van der Waals surface area contributed by atoms with E-state index in [0.29, 0.717) is 29.7 Å². The lowest BCUT2D eigenvalue weighted by atomic mass is 10.3. The molecule has 0 spiro atoms. The Bertz CT molecular complexity index is 962. The number of ether oxygens (including phenoxy) is 1. The molecule has 0 atom stereocenters. The van der Waals surface area contributed by atoms with Gasteiger partial charge in [-0.15, -0.1) is 0 Å². The second kappa shape index (κ2) is 5.95. The number of H-pyrrole nitrogens is 1.